The van der Waals surface area contributed by atoms with E-state index in [9.17, 15) is 14.4 Å². The third kappa shape index (κ3) is 3.99. The summed E-state index contributed by atoms with van der Waals surface area (Å²) in [5, 5.41) is 5.85. The molecule has 1 saturated carbocycles. The number of nitrogens with zero attached hydrogens (tertiary/aromatic N) is 1. The van der Waals surface area contributed by atoms with Gasteiger partial charge in [0.25, 0.3) is 5.91 Å². The average Bonchev–Trinajstić information content (AvgIpc) is 2.87. The topological polar surface area (TPSA) is 78.5 Å². The minimum atomic E-state index is -0.805. The fourth-order valence-corrected chi connectivity index (χ4v) is 4.07. The second kappa shape index (κ2) is 7.71. The Morgan fingerprint density at radius 3 is 2.44 bits per heavy atom. The number of amides is 4. The smallest absolute Gasteiger partial charge is 0.325 e. The van der Waals surface area contributed by atoms with Gasteiger partial charge in [0.15, 0.2) is 0 Å². The highest BCUT2D eigenvalue weighted by Crippen LogP contribution is 2.36. The molecule has 2 aliphatic rings. The van der Waals surface area contributed by atoms with Gasteiger partial charge in [-0.3, -0.25) is 14.5 Å². The van der Waals surface area contributed by atoms with Crippen molar-refractivity contribution >= 4 is 17.8 Å². The van der Waals surface area contributed by atoms with Crippen molar-refractivity contribution in [1.82, 2.24) is 15.5 Å². The van der Waals surface area contributed by atoms with Crippen LogP contribution in [-0.2, 0) is 9.59 Å². The Morgan fingerprint density at radius 1 is 1.22 bits per heavy atom. The van der Waals surface area contributed by atoms with Gasteiger partial charge in [-0.25, -0.2) is 4.79 Å². The van der Waals surface area contributed by atoms with Crippen molar-refractivity contribution in [2.24, 2.45) is 11.8 Å². The molecule has 0 radical (unpaired) electrons. The van der Waals surface area contributed by atoms with Crippen LogP contribution in [0.5, 0.6) is 0 Å². The largest absolute Gasteiger partial charge is 0.347 e. The maximum atomic E-state index is 12.9. The van der Waals surface area contributed by atoms with E-state index in [2.05, 4.69) is 17.6 Å². The summed E-state index contributed by atoms with van der Waals surface area (Å²) in [7, 11) is 0. The molecule has 1 aliphatic heterocycles. The fraction of sp³-hybridized carbons (Fsp3) is 0.571. The molecular formula is C21H29N3O3. The lowest BCUT2D eigenvalue weighted by Gasteiger charge is -2.33. The lowest BCUT2D eigenvalue weighted by atomic mass is 9.77. The first-order chi connectivity index (χ1) is 12.8. The molecule has 1 aromatic rings. The second-order valence-electron chi connectivity index (χ2n) is 8.29. The van der Waals surface area contributed by atoms with E-state index in [-0.39, 0.29) is 30.3 Å². The van der Waals surface area contributed by atoms with E-state index >= 15 is 0 Å². The predicted molar refractivity (Wildman–Crippen MR) is 103 cm³/mol. The molecule has 1 aromatic carbocycles. The van der Waals surface area contributed by atoms with Gasteiger partial charge in [-0.05, 0) is 43.1 Å². The first-order valence-electron chi connectivity index (χ1n) is 9.81. The molecule has 0 aromatic heterocycles. The van der Waals surface area contributed by atoms with Crippen LogP contribution >= 0.6 is 0 Å². The molecule has 2 N–H and O–H groups in total. The Labute approximate surface area is 160 Å². The Hall–Kier alpha value is -2.37. The number of benzene rings is 1. The van der Waals surface area contributed by atoms with Gasteiger partial charge in [0.1, 0.15) is 12.1 Å². The number of carbonyl (C=O) groups excluding carboxylic acids is 3. The van der Waals surface area contributed by atoms with Crippen molar-refractivity contribution in [1.29, 1.82) is 0 Å². The molecule has 1 atom stereocenters. The van der Waals surface area contributed by atoms with Gasteiger partial charge in [0, 0.05) is 0 Å². The quantitative estimate of drug-likeness (QED) is 0.781. The number of carbonyl (C=O) groups is 3. The van der Waals surface area contributed by atoms with Crippen LogP contribution in [0.4, 0.5) is 4.79 Å². The molecule has 1 spiro atoms. The van der Waals surface area contributed by atoms with E-state index in [0.717, 1.165) is 23.3 Å². The molecule has 146 valence electrons. The van der Waals surface area contributed by atoms with E-state index in [1.165, 1.54) is 0 Å². The minimum Gasteiger partial charge on any atom is -0.347 e. The monoisotopic (exact) mass is 371 g/mol. The van der Waals surface area contributed by atoms with Gasteiger partial charge < -0.3 is 10.6 Å². The molecular weight excluding hydrogens is 342 g/mol. The van der Waals surface area contributed by atoms with Gasteiger partial charge in [-0.1, -0.05) is 51.1 Å². The molecule has 1 aliphatic carbocycles. The van der Waals surface area contributed by atoms with Crippen LogP contribution in [0.1, 0.15) is 58.1 Å². The number of hydrogen-bond acceptors (Lipinski definition) is 3. The molecule has 3 rings (SSSR count). The minimum absolute atomic E-state index is 0.163. The summed E-state index contributed by atoms with van der Waals surface area (Å²) in [5.41, 5.74) is 0.205. The van der Waals surface area contributed by atoms with Crippen molar-refractivity contribution in [3.8, 4) is 0 Å². The second-order valence-corrected chi connectivity index (χ2v) is 8.29. The van der Waals surface area contributed by atoms with Crippen LogP contribution < -0.4 is 10.6 Å². The molecule has 1 heterocycles. The number of imide groups is 1. The first kappa shape index (κ1) is 19.4. The highest BCUT2D eigenvalue weighted by atomic mass is 16.2. The predicted octanol–water partition coefficient (Wildman–Crippen LogP) is 3.00. The highest BCUT2D eigenvalue weighted by molar-refractivity contribution is 6.09. The summed E-state index contributed by atoms with van der Waals surface area (Å²) in [6.07, 6.45) is 3.12. The lowest BCUT2D eigenvalue weighted by Crippen LogP contribution is -2.50. The third-order valence-corrected chi connectivity index (χ3v) is 5.82. The van der Waals surface area contributed by atoms with Gasteiger partial charge in [0.2, 0.25) is 5.91 Å². The summed E-state index contributed by atoms with van der Waals surface area (Å²) in [5.74, 6) is 0.179. The van der Waals surface area contributed by atoms with Gasteiger partial charge >= 0.3 is 6.03 Å². The Morgan fingerprint density at radius 2 is 1.85 bits per heavy atom. The van der Waals surface area contributed by atoms with Crippen LogP contribution in [-0.4, -0.2) is 34.8 Å². The summed E-state index contributed by atoms with van der Waals surface area (Å²) in [6, 6.07) is 9.12. The SMILES string of the molecule is CC1CCC2(CC1)NC(=O)N(CC(=O)NC(c1ccccc1)C(C)C)C2=O. The molecule has 1 saturated heterocycles. The Kier molecular flexibility index (Phi) is 5.53. The fourth-order valence-electron chi connectivity index (χ4n) is 4.07. The zero-order valence-electron chi connectivity index (χ0n) is 16.3. The standard InChI is InChI=1S/C21H29N3O3/c1-14(2)18(16-7-5-4-6-8-16)22-17(25)13-24-19(26)21(23-20(24)27)11-9-15(3)10-12-21/h4-8,14-15,18H,9-13H2,1-3H3,(H,22,25)(H,23,27). The van der Waals surface area contributed by atoms with Crippen molar-refractivity contribution in [2.75, 3.05) is 6.54 Å². The molecule has 1 unspecified atom stereocenters. The summed E-state index contributed by atoms with van der Waals surface area (Å²) < 4.78 is 0. The number of urea groups is 1. The van der Waals surface area contributed by atoms with Crippen molar-refractivity contribution in [3.05, 3.63) is 35.9 Å². The number of nitrogens with one attached hydrogen (secondary N) is 2. The summed E-state index contributed by atoms with van der Waals surface area (Å²) in [6.45, 7) is 5.99. The zero-order valence-corrected chi connectivity index (χ0v) is 16.3. The van der Waals surface area contributed by atoms with E-state index in [0.29, 0.717) is 18.8 Å². The Balaban J connectivity index is 1.66. The Bertz CT molecular complexity index is 709. The average molecular weight is 371 g/mol. The van der Waals surface area contributed by atoms with Crippen LogP contribution in [0.3, 0.4) is 0 Å². The summed E-state index contributed by atoms with van der Waals surface area (Å²) in [4.78, 5) is 39.0. The molecule has 27 heavy (non-hydrogen) atoms. The third-order valence-electron chi connectivity index (χ3n) is 5.82. The normalized spacial score (nSPS) is 26.4. The van der Waals surface area contributed by atoms with E-state index in [1.54, 1.807) is 0 Å². The van der Waals surface area contributed by atoms with Crippen LogP contribution in [0.25, 0.3) is 0 Å². The first-order valence-corrected chi connectivity index (χ1v) is 9.81. The molecule has 6 nitrogen and oxygen atoms in total. The zero-order chi connectivity index (χ0) is 19.6. The maximum Gasteiger partial charge on any atom is 0.325 e. The lowest BCUT2D eigenvalue weighted by molar-refractivity contribution is -0.136. The van der Waals surface area contributed by atoms with Crippen LogP contribution in [0.15, 0.2) is 30.3 Å². The molecule has 4 amide bonds. The molecule has 2 fully saturated rings. The van der Waals surface area contributed by atoms with Crippen molar-refractivity contribution in [2.45, 2.75) is 58.0 Å². The number of rotatable bonds is 5. The molecule has 0 bridgehead atoms. The van der Waals surface area contributed by atoms with Crippen molar-refractivity contribution in [3.63, 3.8) is 0 Å². The van der Waals surface area contributed by atoms with Gasteiger partial charge in [-0.15, -0.1) is 0 Å². The van der Waals surface area contributed by atoms with E-state index in [4.69, 9.17) is 0 Å². The highest BCUT2D eigenvalue weighted by Gasteiger charge is 2.52. The van der Waals surface area contributed by atoms with Crippen LogP contribution in [0, 0.1) is 11.8 Å². The van der Waals surface area contributed by atoms with Gasteiger partial charge in [-0.2, -0.15) is 0 Å². The van der Waals surface area contributed by atoms with E-state index in [1.807, 2.05) is 44.2 Å². The van der Waals surface area contributed by atoms with Gasteiger partial charge in [0.05, 0.1) is 6.04 Å². The summed E-state index contributed by atoms with van der Waals surface area (Å²) >= 11 is 0. The molecule has 6 heteroatoms. The number of hydrogen-bond donors (Lipinski definition) is 2. The van der Waals surface area contributed by atoms with Crippen molar-refractivity contribution < 1.29 is 14.4 Å². The van der Waals surface area contributed by atoms with Crippen LogP contribution in [0.2, 0.25) is 0 Å². The van der Waals surface area contributed by atoms with E-state index < -0.39 is 11.6 Å². The maximum absolute atomic E-state index is 12.9.